The number of nitrogens with one attached hydrogen (secondary N) is 1. The summed E-state index contributed by atoms with van der Waals surface area (Å²) in [7, 11) is 0. The molecule has 0 aliphatic carbocycles. The number of halogens is 1. The van der Waals surface area contributed by atoms with E-state index in [2.05, 4.69) is 5.32 Å². The number of nitrogens with zero attached hydrogens (tertiary/aromatic N) is 1. The zero-order valence-electron chi connectivity index (χ0n) is 10.3. The van der Waals surface area contributed by atoms with E-state index in [9.17, 15) is 14.5 Å². The van der Waals surface area contributed by atoms with Crippen molar-refractivity contribution in [2.75, 3.05) is 0 Å². The molecule has 0 amide bonds. The topological polar surface area (TPSA) is 55.2 Å². The van der Waals surface area contributed by atoms with Gasteiger partial charge < -0.3 is 5.32 Å². The van der Waals surface area contributed by atoms with Crippen molar-refractivity contribution in [3.05, 3.63) is 62.1 Å². The average Bonchev–Trinajstić information content (AvgIpc) is 2.89. The summed E-state index contributed by atoms with van der Waals surface area (Å²) in [6.45, 7) is 2.39. The fourth-order valence-corrected chi connectivity index (χ4v) is 2.51. The standard InChI is InChI=1S/C13H13FN2O2S/c1-9(13-3-2-4-19-13)15-8-10-5-11(14)7-12(6-10)16(17)18/h2-7,9,15H,8H2,1H3. The van der Waals surface area contributed by atoms with Gasteiger partial charge in [0.25, 0.3) is 5.69 Å². The highest BCUT2D eigenvalue weighted by Crippen LogP contribution is 2.20. The molecule has 2 rings (SSSR count). The zero-order chi connectivity index (χ0) is 13.8. The summed E-state index contributed by atoms with van der Waals surface area (Å²) in [5, 5.41) is 15.9. The van der Waals surface area contributed by atoms with Crippen LogP contribution in [-0.2, 0) is 6.54 Å². The molecule has 100 valence electrons. The molecule has 0 fully saturated rings. The van der Waals surface area contributed by atoms with E-state index in [4.69, 9.17) is 0 Å². The highest BCUT2D eigenvalue weighted by Gasteiger charge is 2.11. The molecule has 1 aromatic heterocycles. The summed E-state index contributed by atoms with van der Waals surface area (Å²) in [6.07, 6.45) is 0. The molecular formula is C13H13FN2O2S. The van der Waals surface area contributed by atoms with Crippen molar-refractivity contribution in [3.8, 4) is 0 Å². The Balaban J connectivity index is 2.05. The number of nitro benzene ring substituents is 1. The van der Waals surface area contributed by atoms with Crippen LogP contribution in [0, 0.1) is 15.9 Å². The number of hydrogen-bond donors (Lipinski definition) is 1. The van der Waals surface area contributed by atoms with Crippen LogP contribution in [0.25, 0.3) is 0 Å². The maximum atomic E-state index is 13.3. The molecule has 0 bridgehead atoms. The van der Waals surface area contributed by atoms with Crippen LogP contribution in [0.5, 0.6) is 0 Å². The molecule has 0 radical (unpaired) electrons. The van der Waals surface area contributed by atoms with E-state index >= 15 is 0 Å². The Labute approximate surface area is 114 Å². The first-order valence-electron chi connectivity index (χ1n) is 5.77. The molecule has 0 aliphatic heterocycles. The second kappa shape index (κ2) is 5.90. The van der Waals surface area contributed by atoms with Crippen LogP contribution in [0.15, 0.2) is 35.7 Å². The molecule has 1 unspecified atom stereocenters. The van der Waals surface area contributed by atoms with E-state index < -0.39 is 10.7 Å². The normalized spacial score (nSPS) is 12.3. The van der Waals surface area contributed by atoms with E-state index in [0.29, 0.717) is 12.1 Å². The van der Waals surface area contributed by atoms with Crippen molar-refractivity contribution in [1.29, 1.82) is 0 Å². The molecule has 0 aliphatic rings. The lowest BCUT2D eigenvalue weighted by molar-refractivity contribution is -0.385. The van der Waals surface area contributed by atoms with Gasteiger partial charge in [0.15, 0.2) is 0 Å². The lowest BCUT2D eigenvalue weighted by atomic mass is 10.1. The summed E-state index contributed by atoms with van der Waals surface area (Å²) in [4.78, 5) is 11.2. The predicted octanol–water partition coefficient (Wildman–Crippen LogP) is 3.65. The van der Waals surface area contributed by atoms with E-state index in [1.54, 1.807) is 11.3 Å². The molecule has 1 heterocycles. The number of non-ortho nitro benzene ring substituents is 1. The minimum absolute atomic E-state index is 0.127. The lowest BCUT2D eigenvalue weighted by Crippen LogP contribution is -2.17. The van der Waals surface area contributed by atoms with Gasteiger partial charge in [-0.2, -0.15) is 0 Å². The summed E-state index contributed by atoms with van der Waals surface area (Å²) >= 11 is 1.63. The first kappa shape index (κ1) is 13.6. The molecule has 0 spiro atoms. The van der Waals surface area contributed by atoms with Gasteiger partial charge in [-0.15, -0.1) is 11.3 Å². The molecule has 0 saturated carbocycles. The van der Waals surface area contributed by atoms with Gasteiger partial charge in [0, 0.05) is 23.5 Å². The van der Waals surface area contributed by atoms with E-state index in [1.807, 2.05) is 24.4 Å². The van der Waals surface area contributed by atoms with Crippen molar-refractivity contribution in [2.45, 2.75) is 19.5 Å². The molecule has 6 heteroatoms. The molecule has 1 N–H and O–H groups in total. The van der Waals surface area contributed by atoms with Crippen molar-refractivity contribution < 1.29 is 9.31 Å². The molecule has 19 heavy (non-hydrogen) atoms. The summed E-state index contributed by atoms with van der Waals surface area (Å²) < 4.78 is 13.3. The smallest absolute Gasteiger partial charge is 0.272 e. The third kappa shape index (κ3) is 3.59. The van der Waals surface area contributed by atoms with Crippen LogP contribution >= 0.6 is 11.3 Å². The zero-order valence-corrected chi connectivity index (χ0v) is 11.1. The van der Waals surface area contributed by atoms with Crippen molar-refractivity contribution >= 4 is 17.0 Å². The maximum Gasteiger partial charge on any atom is 0.272 e. The minimum atomic E-state index is -0.588. The van der Waals surface area contributed by atoms with Crippen molar-refractivity contribution in [1.82, 2.24) is 5.32 Å². The van der Waals surface area contributed by atoms with Gasteiger partial charge in [0.1, 0.15) is 5.82 Å². The number of rotatable bonds is 5. The van der Waals surface area contributed by atoms with Gasteiger partial charge in [-0.1, -0.05) is 6.07 Å². The number of benzene rings is 1. The van der Waals surface area contributed by atoms with Gasteiger partial charge in [0.2, 0.25) is 0 Å². The van der Waals surface area contributed by atoms with Crippen LogP contribution in [0.2, 0.25) is 0 Å². The Kier molecular flexibility index (Phi) is 4.24. The number of hydrogen-bond acceptors (Lipinski definition) is 4. The predicted molar refractivity (Wildman–Crippen MR) is 72.6 cm³/mol. The van der Waals surface area contributed by atoms with Crippen molar-refractivity contribution in [2.24, 2.45) is 0 Å². The highest BCUT2D eigenvalue weighted by atomic mass is 32.1. The van der Waals surface area contributed by atoms with Gasteiger partial charge >= 0.3 is 0 Å². The summed E-state index contributed by atoms with van der Waals surface area (Å²) in [5.41, 5.74) is 0.343. The molecule has 2 aromatic rings. The first-order valence-corrected chi connectivity index (χ1v) is 6.65. The molecule has 1 aromatic carbocycles. The van der Waals surface area contributed by atoms with Crippen LogP contribution in [0.1, 0.15) is 23.4 Å². The maximum absolute atomic E-state index is 13.3. The van der Waals surface area contributed by atoms with E-state index in [-0.39, 0.29) is 11.7 Å². The van der Waals surface area contributed by atoms with Gasteiger partial charge in [0.05, 0.1) is 11.0 Å². The molecule has 1 atom stereocenters. The monoisotopic (exact) mass is 280 g/mol. The Hall–Kier alpha value is -1.79. The lowest BCUT2D eigenvalue weighted by Gasteiger charge is -2.12. The fraction of sp³-hybridized carbons (Fsp3) is 0.231. The molecular weight excluding hydrogens is 267 g/mol. The quantitative estimate of drug-likeness (QED) is 0.672. The van der Waals surface area contributed by atoms with Gasteiger partial charge in [-0.3, -0.25) is 10.1 Å². The second-order valence-electron chi connectivity index (χ2n) is 4.19. The van der Waals surface area contributed by atoms with E-state index in [1.165, 1.54) is 17.0 Å². The Morgan fingerprint density at radius 2 is 2.26 bits per heavy atom. The third-order valence-electron chi connectivity index (χ3n) is 2.74. The first-order chi connectivity index (χ1) is 9.06. The van der Waals surface area contributed by atoms with E-state index in [0.717, 1.165) is 6.07 Å². The summed E-state index contributed by atoms with van der Waals surface area (Å²) in [5.74, 6) is -0.588. The van der Waals surface area contributed by atoms with Gasteiger partial charge in [-0.05, 0) is 30.0 Å². The average molecular weight is 280 g/mol. The van der Waals surface area contributed by atoms with Crippen LogP contribution in [0.3, 0.4) is 0 Å². The van der Waals surface area contributed by atoms with Crippen LogP contribution < -0.4 is 5.32 Å². The largest absolute Gasteiger partial charge is 0.305 e. The second-order valence-corrected chi connectivity index (χ2v) is 5.17. The number of nitro groups is 1. The number of thiophene rings is 1. The highest BCUT2D eigenvalue weighted by molar-refractivity contribution is 7.10. The SMILES string of the molecule is CC(NCc1cc(F)cc([N+](=O)[O-])c1)c1cccs1. The van der Waals surface area contributed by atoms with Crippen molar-refractivity contribution in [3.63, 3.8) is 0 Å². The molecule has 4 nitrogen and oxygen atoms in total. The Morgan fingerprint density at radius 3 is 2.89 bits per heavy atom. The van der Waals surface area contributed by atoms with Crippen LogP contribution in [-0.4, -0.2) is 4.92 Å². The molecule has 0 saturated heterocycles. The fourth-order valence-electron chi connectivity index (χ4n) is 1.75. The Bertz CT molecular complexity index is 572. The van der Waals surface area contributed by atoms with Gasteiger partial charge in [-0.25, -0.2) is 4.39 Å². The Morgan fingerprint density at radius 1 is 1.47 bits per heavy atom. The summed E-state index contributed by atoms with van der Waals surface area (Å²) in [6, 6.07) is 7.72. The minimum Gasteiger partial charge on any atom is -0.305 e. The third-order valence-corrected chi connectivity index (χ3v) is 3.79. The van der Waals surface area contributed by atoms with Crippen LogP contribution in [0.4, 0.5) is 10.1 Å².